The molecule has 0 unspecified atom stereocenters. The lowest BCUT2D eigenvalue weighted by molar-refractivity contribution is -0.133. The minimum absolute atomic E-state index is 0.175. The number of halogens is 1. The zero-order valence-electron chi connectivity index (χ0n) is 9.46. The van der Waals surface area contributed by atoms with Gasteiger partial charge in [-0.3, -0.25) is 4.79 Å². The monoisotopic (exact) mass is 302 g/mol. The van der Waals surface area contributed by atoms with Crippen LogP contribution >= 0.6 is 27.7 Å². The van der Waals surface area contributed by atoms with Crippen LogP contribution in [0, 0.1) is 6.92 Å². The third kappa shape index (κ3) is 4.58. The molecule has 0 radical (unpaired) electrons. The van der Waals surface area contributed by atoms with Crippen LogP contribution in [0.15, 0.2) is 22.7 Å². The minimum atomic E-state index is -0.175. The molecule has 0 aromatic heterocycles. The SMILES string of the molecule is CCSCCC(=O)Oc1ccc(C)cc1Br. The summed E-state index contributed by atoms with van der Waals surface area (Å²) in [4.78, 5) is 11.5. The number of carbonyl (C=O) groups excluding carboxylic acids is 1. The van der Waals surface area contributed by atoms with E-state index in [1.54, 1.807) is 11.8 Å². The average molecular weight is 303 g/mol. The lowest BCUT2D eigenvalue weighted by atomic mass is 10.2. The molecule has 0 saturated heterocycles. The predicted octanol–water partition coefficient (Wildman–Crippen LogP) is 3.81. The number of thioether (sulfide) groups is 1. The fourth-order valence-corrected chi connectivity index (χ4v) is 2.34. The van der Waals surface area contributed by atoms with Crippen LogP contribution in [0.2, 0.25) is 0 Å². The topological polar surface area (TPSA) is 26.3 Å². The Bertz CT molecular complexity index is 366. The van der Waals surface area contributed by atoms with Crippen LogP contribution in [0.5, 0.6) is 5.75 Å². The van der Waals surface area contributed by atoms with Crippen LogP contribution in [0.25, 0.3) is 0 Å². The molecule has 0 bridgehead atoms. The summed E-state index contributed by atoms with van der Waals surface area (Å²) in [6.45, 7) is 4.07. The van der Waals surface area contributed by atoms with Crippen molar-refractivity contribution in [1.82, 2.24) is 0 Å². The van der Waals surface area contributed by atoms with Gasteiger partial charge in [-0.25, -0.2) is 0 Å². The maximum atomic E-state index is 11.5. The van der Waals surface area contributed by atoms with E-state index >= 15 is 0 Å². The Balaban J connectivity index is 2.49. The van der Waals surface area contributed by atoms with Crippen LogP contribution in [0.3, 0.4) is 0 Å². The van der Waals surface area contributed by atoms with Gasteiger partial charge in [0.15, 0.2) is 0 Å². The van der Waals surface area contributed by atoms with E-state index in [1.165, 1.54) is 0 Å². The predicted molar refractivity (Wildman–Crippen MR) is 72.1 cm³/mol. The summed E-state index contributed by atoms with van der Waals surface area (Å²) in [6.07, 6.45) is 0.457. The number of benzene rings is 1. The van der Waals surface area contributed by atoms with Gasteiger partial charge in [-0.15, -0.1) is 0 Å². The second-order valence-corrected chi connectivity index (χ2v) is 5.60. The molecule has 0 saturated carbocycles. The molecule has 0 spiro atoms. The van der Waals surface area contributed by atoms with Crippen LogP contribution in [-0.2, 0) is 4.79 Å². The molecule has 16 heavy (non-hydrogen) atoms. The fraction of sp³-hybridized carbons (Fsp3) is 0.417. The molecule has 0 aliphatic heterocycles. The average Bonchev–Trinajstić information content (AvgIpc) is 2.23. The Morgan fingerprint density at radius 1 is 1.50 bits per heavy atom. The maximum absolute atomic E-state index is 11.5. The van der Waals surface area contributed by atoms with Gasteiger partial charge in [0.05, 0.1) is 10.9 Å². The first-order chi connectivity index (χ1) is 7.63. The van der Waals surface area contributed by atoms with Crippen molar-refractivity contribution in [3.05, 3.63) is 28.2 Å². The summed E-state index contributed by atoms with van der Waals surface area (Å²) in [5.74, 6) is 2.27. The highest BCUT2D eigenvalue weighted by Crippen LogP contribution is 2.26. The number of carbonyl (C=O) groups is 1. The largest absolute Gasteiger partial charge is 0.425 e. The van der Waals surface area contributed by atoms with E-state index < -0.39 is 0 Å². The highest BCUT2D eigenvalue weighted by molar-refractivity contribution is 9.10. The highest BCUT2D eigenvalue weighted by Gasteiger charge is 2.07. The van der Waals surface area contributed by atoms with Gasteiger partial charge in [0.1, 0.15) is 5.75 Å². The molecular weight excluding hydrogens is 288 g/mol. The van der Waals surface area contributed by atoms with Crippen molar-refractivity contribution in [2.24, 2.45) is 0 Å². The first-order valence-electron chi connectivity index (χ1n) is 5.18. The van der Waals surface area contributed by atoms with E-state index in [1.807, 2.05) is 25.1 Å². The van der Waals surface area contributed by atoms with Gasteiger partial charge in [-0.05, 0) is 46.3 Å². The van der Waals surface area contributed by atoms with Crippen LogP contribution < -0.4 is 4.74 Å². The first kappa shape index (κ1) is 13.6. The second-order valence-electron chi connectivity index (χ2n) is 3.35. The van der Waals surface area contributed by atoms with E-state index in [2.05, 4.69) is 22.9 Å². The van der Waals surface area contributed by atoms with Gasteiger partial charge in [0.2, 0.25) is 0 Å². The van der Waals surface area contributed by atoms with Crippen molar-refractivity contribution in [1.29, 1.82) is 0 Å². The molecule has 1 aromatic carbocycles. The van der Waals surface area contributed by atoms with Crippen LogP contribution in [0.1, 0.15) is 18.9 Å². The summed E-state index contributed by atoms with van der Waals surface area (Å²) in [5, 5.41) is 0. The van der Waals surface area contributed by atoms with E-state index in [4.69, 9.17) is 4.74 Å². The molecule has 0 amide bonds. The zero-order chi connectivity index (χ0) is 12.0. The Morgan fingerprint density at radius 3 is 2.88 bits per heavy atom. The molecule has 1 rings (SSSR count). The van der Waals surface area contributed by atoms with E-state index in [0.29, 0.717) is 12.2 Å². The third-order valence-corrected chi connectivity index (χ3v) is 3.49. The Hall–Kier alpha value is -0.480. The number of ether oxygens (including phenoxy) is 1. The Kier molecular flexibility index (Phi) is 5.91. The van der Waals surface area contributed by atoms with E-state index in [9.17, 15) is 4.79 Å². The summed E-state index contributed by atoms with van der Waals surface area (Å²) >= 11 is 5.12. The van der Waals surface area contributed by atoms with Crippen LogP contribution in [-0.4, -0.2) is 17.5 Å². The quantitative estimate of drug-likeness (QED) is 0.470. The lowest BCUT2D eigenvalue weighted by Crippen LogP contribution is -2.09. The number of esters is 1. The Labute approximate surface area is 109 Å². The summed E-state index contributed by atoms with van der Waals surface area (Å²) in [5.41, 5.74) is 1.13. The number of aryl methyl sites for hydroxylation is 1. The van der Waals surface area contributed by atoms with Crippen molar-refractivity contribution in [3.63, 3.8) is 0 Å². The maximum Gasteiger partial charge on any atom is 0.312 e. The van der Waals surface area contributed by atoms with Crippen molar-refractivity contribution in [2.75, 3.05) is 11.5 Å². The molecule has 0 N–H and O–H groups in total. The molecule has 0 aliphatic rings. The number of hydrogen-bond donors (Lipinski definition) is 0. The molecule has 4 heteroatoms. The van der Waals surface area contributed by atoms with Gasteiger partial charge >= 0.3 is 5.97 Å². The van der Waals surface area contributed by atoms with Gasteiger partial charge in [-0.1, -0.05) is 13.0 Å². The molecule has 0 fully saturated rings. The smallest absolute Gasteiger partial charge is 0.312 e. The van der Waals surface area contributed by atoms with Crippen molar-refractivity contribution in [2.45, 2.75) is 20.3 Å². The summed E-state index contributed by atoms with van der Waals surface area (Å²) in [6, 6.07) is 5.67. The van der Waals surface area contributed by atoms with E-state index in [0.717, 1.165) is 21.5 Å². The lowest BCUT2D eigenvalue weighted by Gasteiger charge is -2.06. The molecule has 2 nitrogen and oxygen atoms in total. The molecule has 1 aromatic rings. The number of rotatable bonds is 5. The van der Waals surface area contributed by atoms with Gasteiger partial charge in [-0.2, -0.15) is 11.8 Å². The highest BCUT2D eigenvalue weighted by atomic mass is 79.9. The van der Waals surface area contributed by atoms with Crippen LogP contribution in [0.4, 0.5) is 0 Å². The van der Waals surface area contributed by atoms with Gasteiger partial charge in [0.25, 0.3) is 0 Å². The standard InChI is InChI=1S/C12H15BrO2S/c1-3-16-7-6-12(14)15-11-5-4-9(2)8-10(11)13/h4-5,8H,3,6-7H2,1-2H3. The molecule has 88 valence electrons. The normalized spacial score (nSPS) is 10.2. The van der Waals surface area contributed by atoms with Crippen molar-refractivity contribution in [3.8, 4) is 5.75 Å². The molecule has 0 aliphatic carbocycles. The molecule has 0 heterocycles. The fourth-order valence-electron chi connectivity index (χ4n) is 1.16. The Morgan fingerprint density at radius 2 is 2.25 bits per heavy atom. The van der Waals surface area contributed by atoms with Crippen molar-refractivity contribution < 1.29 is 9.53 Å². The zero-order valence-corrected chi connectivity index (χ0v) is 11.9. The van der Waals surface area contributed by atoms with Crippen molar-refractivity contribution >= 4 is 33.7 Å². The third-order valence-electron chi connectivity index (χ3n) is 1.97. The second kappa shape index (κ2) is 6.97. The number of hydrogen-bond acceptors (Lipinski definition) is 3. The van der Waals surface area contributed by atoms with Gasteiger partial charge < -0.3 is 4.74 Å². The summed E-state index contributed by atoms with van der Waals surface area (Å²) in [7, 11) is 0. The molecule has 0 atom stereocenters. The minimum Gasteiger partial charge on any atom is -0.425 e. The first-order valence-corrected chi connectivity index (χ1v) is 7.13. The molecular formula is C12H15BrO2S. The summed E-state index contributed by atoms with van der Waals surface area (Å²) < 4.78 is 6.07. The van der Waals surface area contributed by atoms with Gasteiger partial charge in [0, 0.05) is 5.75 Å². The van der Waals surface area contributed by atoms with E-state index in [-0.39, 0.29) is 5.97 Å².